The first-order chi connectivity index (χ1) is 9.08. The van der Waals surface area contributed by atoms with E-state index < -0.39 is 0 Å². The number of benzene rings is 1. The van der Waals surface area contributed by atoms with Gasteiger partial charge in [0.1, 0.15) is 11.5 Å². The molecule has 0 fully saturated rings. The summed E-state index contributed by atoms with van der Waals surface area (Å²) in [5.41, 5.74) is 7.47. The van der Waals surface area contributed by atoms with Crippen LogP contribution in [0.3, 0.4) is 0 Å². The summed E-state index contributed by atoms with van der Waals surface area (Å²) in [5.74, 6) is 1.07. The van der Waals surface area contributed by atoms with Gasteiger partial charge in [-0.2, -0.15) is 0 Å². The Bertz CT molecular complexity index is 600. The lowest BCUT2D eigenvalue weighted by Gasteiger charge is -2.10. The molecule has 0 aliphatic carbocycles. The average Bonchev–Trinajstić information content (AvgIpc) is 2.75. The van der Waals surface area contributed by atoms with Crippen LogP contribution in [0.5, 0.6) is 0 Å². The van der Waals surface area contributed by atoms with Gasteiger partial charge in [-0.25, -0.2) is 0 Å². The van der Waals surface area contributed by atoms with E-state index in [1.165, 1.54) is 0 Å². The van der Waals surface area contributed by atoms with Crippen LogP contribution >= 0.6 is 0 Å². The van der Waals surface area contributed by atoms with Crippen LogP contribution in [0.4, 0.5) is 0 Å². The van der Waals surface area contributed by atoms with Crippen LogP contribution in [-0.2, 0) is 0 Å². The minimum atomic E-state index is -0.244. The van der Waals surface area contributed by atoms with Gasteiger partial charge in [0.25, 0.3) is 5.91 Å². The molecule has 4 heteroatoms. The maximum absolute atomic E-state index is 11.9. The van der Waals surface area contributed by atoms with E-state index in [1.807, 2.05) is 30.3 Å². The molecule has 1 aromatic heterocycles. The molecule has 4 nitrogen and oxygen atoms in total. The Morgan fingerprint density at radius 3 is 2.42 bits per heavy atom. The molecule has 2 aromatic rings. The van der Waals surface area contributed by atoms with E-state index in [4.69, 9.17) is 4.42 Å². The van der Waals surface area contributed by atoms with Gasteiger partial charge in [-0.3, -0.25) is 15.6 Å². The summed E-state index contributed by atoms with van der Waals surface area (Å²) in [4.78, 5) is 11.9. The topological polar surface area (TPSA) is 54.3 Å². The van der Waals surface area contributed by atoms with Gasteiger partial charge < -0.3 is 4.42 Å². The van der Waals surface area contributed by atoms with Crippen molar-refractivity contribution in [3.63, 3.8) is 0 Å². The number of hydrogen-bond acceptors (Lipinski definition) is 3. The van der Waals surface area contributed by atoms with Gasteiger partial charge in [0.15, 0.2) is 0 Å². The molecular formula is C15H16N2O2. The quantitative estimate of drug-likeness (QED) is 0.827. The molecule has 2 N–H and O–H groups in total. The Kier molecular flexibility index (Phi) is 3.71. The van der Waals surface area contributed by atoms with E-state index in [0.717, 1.165) is 5.56 Å². The molecule has 0 atom stereocenters. The smallest absolute Gasteiger partial charge is 0.273 e. The minimum Gasteiger partial charge on any atom is -0.466 e. The molecule has 2 rings (SSSR count). The number of rotatable bonds is 4. The van der Waals surface area contributed by atoms with Crippen molar-refractivity contribution in [3.8, 4) is 0 Å². The normalized spacial score (nSPS) is 10.0. The van der Waals surface area contributed by atoms with E-state index in [1.54, 1.807) is 19.9 Å². The zero-order valence-corrected chi connectivity index (χ0v) is 11.0. The van der Waals surface area contributed by atoms with Crippen molar-refractivity contribution in [2.24, 2.45) is 0 Å². The van der Waals surface area contributed by atoms with E-state index in [2.05, 4.69) is 17.4 Å². The number of aryl methyl sites for hydroxylation is 2. The van der Waals surface area contributed by atoms with Gasteiger partial charge in [-0.1, -0.05) is 36.9 Å². The highest BCUT2D eigenvalue weighted by Gasteiger charge is 2.13. The van der Waals surface area contributed by atoms with Crippen LogP contribution in [0.2, 0.25) is 0 Å². The molecule has 98 valence electrons. The second-order valence-corrected chi connectivity index (χ2v) is 4.25. The van der Waals surface area contributed by atoms with Gasteiger partial charge in [0.05, 0.1) is 11.3 Å². The standard InChI is InChI=1S/C15H16N2O2/c1-10-9-14(12(3)19-10)15(18)17-16-11(2)13-7-5-4-6-8-13/h4-9,16H,2H2,1,3H3,(H,17,18). The Hall–Kier alpha value is -2.49. The van der Waals surface area contributed by atoms with Gasteiger partial charge >= 0.3 is 0 Å². The summed E-state index contributed by atoms with van der Waals surface area (Å²) >= 11 is 0. The van der Waals surface area contributed by atoms with E-state index >= 15 is 0 Å². The lowest BCUT2D eigenvalue weighted by atomic mass is 10.2. The van der Waals surface area contributed by atoms with Crippen molar-refractivity contribution in [1.82, 2.24) is 10.9 Å². The van der Waals surface area contributed by atoms with Gasteiger partial charge in [-0.05, 0) is 25.5 Å². The number of nitrogens with one attached hydrogen (secondary N) is 2. The highest BCUT2D eigenvalue weighted by atomic mass is 16.3. The van der Waals surface area contributed by atoms with Crippen LogP contribution in [-0.4, -0.2) is 5.91 Å². The highest BCUT2D eigenvalue weighted by Crippen LogP contribution is 2.13. The maximum Gasteiger partial charge on any atom is 0.273 e. The minimum absolute atomic E-state index is 0.244. The first-order valence-corrected chi connectivity index (χ1v) is 5.95. The Morgan fingerprint density at radius 2 is 1.84 bits per heavy atom. The summed E-state index contributed by atoms with van der Waals surface area (Å²) in [5, 5.41) is 0. The molecule has 0 saturated heterocycles. The molecule has 1 aromatic carbocycles. The molecule has 1 amide bonds. The molecular weight excluding hydrogens is 240 g/mol. The number of hydrazine groups is 1. The monoisotopic (exact) mass is 256 g/mol. The third-order valence-corrected chi connectivity index (χ3v) is 2.73. The summed E-state index contributed by atoms with van der Waals surface area (Å²) in [6, 6.07) is 11.3. The van der Waals surface area contributed by atoms with Crippen LogP contribution in [0.1, 0.15) is 27.4 Å². The third-order valence-electron chi connectivity index (χ3n) is 2.73. The average molecular weight is 256 g/mol. The molecule has 0 bridgehead atoms. The lowest BCUT2D eigenvalue weighted by Crippen LogP contribution is -2.35. The summed E-state index contributed by atoms with van der Waals surface area (Å²) < 4.78 is 5.32. The van der Waals surface area contributed by atoms with Crippen molar-refractivity contribution in [2.75, 3.05) is 0 Å². The molecule has 0 spiro atoms. The number of hydrogen-bond donors (Lipinski definition) is 2. The van der Waals surface area contributed by atoms with Gasteiger partial charge in [0.2, 0.25) is 0 Å². The summed E-state index contributed by atoms with van der Waals surface area (Å²) in [6.07, 6.45) is 0. The second-order valence-electron chi connectivity index (χ2n) is 4.25. The van der Waals surface area contributed by atoms with Crippen LogP contribution in [0.25, 0.3) is 5.70 Å². The first kappa shape index (κ1) is 13.0. The zero-order valence-electron chi connectivity index (χ0n) is 11.0. The molecule has 0 aliphatic rings. The lowest BCUT2D eigenvalue weighted by molar-refractivity contribution is 0.0941. The van der Waals surface area contributed by atoms with Crippen LogP contribution < -0.4 is 10.9 Å². The van der Waals surface area contributed by atoms with E-state index in [0.29, 0.717) is 22.8 Å². The molecule has 0 radical (unpaired) electrons. The third kappa shape index (κ3) is 3.04. The van der Waals surface area contributed by atoms with Crippen molar-refractivity contribution in [2.45, 2.75) is 13.8 Å². The number of carbonyl (C=O) groups excluding carboxylic acids is 1. The first-order valence-electron chi connectivity index (χ1n) is 5.95. The fourth-order valence-corrected chi connectivity index (χ4v) is 1.77. The molecule has 1 heterocycles. The fourth-order valence-electron chi connectivity index (χ4n) is 1.77. The SMILES string of the molecule is C=C(NNC(=O)c1cc(C)oc1C)c1ccccc1. The van der Waals surface area contributed by atoms with Crippen molar-refractivity contribution >= 4 is 11.6 Å². The number of furan rings is 1. The molecule has 0 aliphatic heterocycles. The predicted molar refractivity (Wildman–Crippen MR) is 74.3 cm³/mol. The second kappa shape index (κ2) is 5.44. The Labute approximate surface area is 112 Å². The number of carbonyl (C=O) groups is 1. The number of amides is 1. The maximum atomic E-state index is 11.9. The van der Waals surface area contributed by atoms with Crippen LogP contribution in [0.15, 0.2) is 47.4 Å². The van der Waals surface area contributed by atoms with E-state index in [9.17, 15) is 4.79 Å². The largest absolute Gasteiger partial charge is 0.466 e. The van der Waals surface area contributed by atoms with Gasteiger partial charge in [-0.15, -0.1) is 0 Å². The van der Waals surface area contributed by atoms with Crippen molar-refractivity contribution in [1.29, 1.82) is 0 Å². The Balaban J connectivity index is 1.98. The fraction of sp³-hybridized carbons (Fsp3) is 0.133. The van der Waals surface area contributed by atoms with Crippen molar-refractivity contribution in [3.05, 3.63) is 65.6 Å². The molecule has 0 saturated carbocycles. The van der Waals surface area contributed by atoms with E-state index in [-0.39, 0.29) is 5.91 Å². The van der Waals surface area contributed by atoms with Crippen LogP contribution in [0, 0.1) is 13.8 Å². The molecule has 19 heavy (non-hydrogen) atoms. The van der Waals surface area contributed by atoms with Crippen molar-refractivity contribution < 1.29 is 9.21 Å². The Morgan fingerprint density at radius 1 is 1.16 bits per heavy atom. The summed E-state index contributed by atoms with van der Waals surface area (Å²) in [7, 11) is 0. The van der Waals surface area contributed by atoms with Gasteiger partial charge in [0, 0.05) is 0 Å². The molecule has 0 unspecified atom stereocenters. The zero-order chi connectivity index (χ0) is 13.8. The highest BCUT2D eigenvalue weighted by molar-refractivity contribution is 5.95. The predicted octanol–water partition coefficient (Wildman–Crippen LogP) is 2.80. The summed E-state index contributed by atoms with van der Waals surface area (Å²) in [6.45, 7) is 7.43.